The minimum atomic E-state index is -4.96. The Morgan fingerprint density at radius 2 is 2.00 bits per heavy atom. The number of anilines is 1. The molecule has 1 aliphatic heterocycles. The highest BCUT2D eigenvalue weighted by atomic mass is 31.2. The molecule has 5 N–H and O–H groups in total. The number of aliphatic hydroxyl groups is 2. The predicted octanol–water partition coefficient (Wildman–Crippen LogP) is 0.412. The molecule has 2 aromatic heterocycles. The third-order valence-electron chi connectivity index (χ3n) is 5.75. The number of aliphatic hydroxyl groups excluding tert-OH is 2. The first-order chi connectivity index (χ1) is 18.6. The van der Waals surface area contributed by atoms with Crippen LogP contribution < -0.4 is 5.73 Å². The summed E-state index contributed by atoms with van der Waals surface area (Å²) in [6.45, 7) is 4.38. The second-order valence-corrected chi connectivity index (χ2v) is 11.8. The maximum atomic E-state index is 12.6. The molecule has 1 fully saturated rings. The molecule has 6 atom stereocenters. The summed E-state index contributed by atoms with van der Waals surface area (Å²) >= 11 is 0. The van der Waals surface area contributed by atoms with Crippen molar-refractivity contribution in [1.29, 1.82) is 5.26 Å². The van der Waals surface area contributed by atoms with E-state index in [1.165, 1.54) is 16.9 Å². The fraction of sp³-hybridized carbons (Fsp3) is 0.609. The van der Waals surface area contributed by atoms with Gasteiger partial charge in [0.05, 0.1) is 18.7 Å². The van der Waals surface area contributed by atoms with E-state index in [9.17, 15) is 34.5 Å². The van der Waals surface area contributed by atoms with Crippen molar-refractivity contribution in [2.75, 3.05) is 25.6 Å². The predicted molar refractivity (Wildman–Crippen MR) is 134 cm³/mol. The highest BCUT2D eigenvalue weighted by Crippen LogP contribution is 2.47. The molecule has 0 aliphatic carbocycles. The Morgan fingerprint density at radius 1 is 1.30 bits per heavy atom. The lowest BCUT2D eigenvalue weighted by molar-refractivity contribution is -0.161. The first-order valence-electron chi connectivity index (χ1n) is 12.1. The number of hydrogen-bond acceptors (Lipinski definition) is 14. The Balaban J connectivity index is 1.68. The van der Waals surface area contributed by atoms with Crippen molar-refractivity contribution in [3.8, 4) is 6.07 Å². The second-order valence-electron chi connectivity index (χ2n) is 10.4. The zero-order chi connectivity index (χ0) is 29.9. The number of carbonyl (C=O) groups is 2. The molecule has 40 heavy (non-hydrogen) atoms. The largest absolute Gasteiger partial charge is 0.472 e. The number of nitrogens with two attached hydrogens (primary N) is 1. The van der Waals surface area contributed by atoms with E-state index in [0.29, 0.717) is 5.52 Å². The zero-order valence-corrected chi connectivity index (χ0v) is 23.2. The number of nitriles is 1. The number of esters is 2. The van der Waals surface area contributed by atoms with Gasteiger partial charge in [-0.05, 0) is 17.5 Å². The van der Waals surface area contributed by atoms with E-state index in [1.807, 2.05) is 0 Å². The number of aromatic nitrogens is 3. The van der Waals surface area contributed by atoms with Crippen molar-refractivity contribution >= 4 is 31.1 Å². The van der Waals surface area contributed by atoms with E-state index in [1.54, 1.807) is 32.9 Å². The number of nitrogens with zero attached hydrogens (tertiary/aromatic N) is 4. The van der Waals surface area contributed by atoms with Crippen LogP contribution in [0.2, 0.25) is 0 Å². The van der Waals surface area contributed by atoms with Crippen LogP contribution in [-0.4, -0.2) is 85.4 Å². The summed E-state index contributed by atoms with van der Waals surface area (Å²) in [5.41, 5.74) is 3.73. The van der Waals surface area contributed by atoms with E-state index in [4.69, 9.17) is 29.0 Å². The van der Waals surface area contributed by atoms with Crippen molar-refractivity contribution in [3.63, 3.8) is 0 Å². The molecule has 2 unspecified atom stereocenters. The van der Waals surface area contributed by atoms with Crippen LogP contribution >= 0.6 is 7.82 Å². The zero-order valence-electron chi connectivity index (χ0n) is 22.3. The molecule has 0 radical (unpaired) electrons. The molecule has 3 rings (SSSR count). The first-order valence-corrected chi connectivity index (χ1v) is 13.5. The van der Waals surface area contributed by atoms with Gasteiger partial charge in [0.1, 0.15) is 49.4 Å². The summed E-state index contributed by atoms with van der Waals surface area (Å²) < 4.78 is 39.5. The second kappa shape index (κ2) is 12.1. The molecule has 17 heteroatoms. The summed E-state index contributed by atoms with van der Waals surface area (Å²) in [6, 6.07) is 4.74. The summed E-state index contributed by atoms with van der Waals surface area (Å²) in [5, 5.41) is 35.2. The van der Waals surface area contributed by atoms with E-state index in [2.05, 4.69) is 10.1 Å². The van der Waals surface area contributed by atoms with Crippen LogP contribution in [0, 0.1) is 16.7 Å². The maximum absolute atomic E-state index is 12.6. The highest BCUT2D eigenvalue weighted by molar-refractivity contribution is 7.47. The van der Waals surface area contributed by atoms with Crippen LogP contribution in [0.4, 0.5) is 5.82 Å². The van der Waals surface area contributed by atoms with Gasteiger partial charge < -0.3 is 35.1 Å². The monoisotopic (exact) mass is 585 g/mol. The normalized spacial score (nSPS) is 25.2. The first kappa shape index (κ1) is 31.4. The lowest BCUT2D eigenvalue weighted by Gasteiger charge is -2.26. The van der Waals surface area contributed by atoms with Gasteiger partial charge in [-0.1, -0.05) is 20.8 Å². The standard InChI is InChI=1S/C23H32N5O11P/c1-13(29)35-8-14(38-17(30)7-22(2,3)4)9-36-40(33,34)37-11-23(10-24)20(32)18(31)19(39-23)15-5-6-16-21(25)26-12-27-28(15)16/h5-6,12,14,18-20,31-32H,7-9,11H2,1-4H3,(H,33,34)(H2,25,26,27)/t14?,18-,19-,20-,23+/m0/s1. The molecule has 0 aromatic carbocycles. The van der Waals surface area contributed by atoms with Gasteiger partial charge in [-0.15, -0.1) is 0 Å². The van der Waals surface area contributed by atoms with E-state index >= 15 is 0 Å². The fourth-order valence-corrected chi connectivity index (χ4v) is 4.64. The number of ether oxygens (including phenoxy) is 3. The minimum Gasteiger partial charge on any atom is -0.462 e. The number of rotatable bonds is 11. The summed E-state index contributed by atoms with van der Waals surface area (Å²) in [4.78, 5) is 37.5. The average molecular weight is 586 g/mol. The average Bonchev–Trinajstić information content (AvgIpc) is 3.39. The van der Waals surface area contributed by atoms with Crippen LogP contribution in [-0.2, 0) is 37.4 Å². The minimum absolute atomic E-state index is 0.00977. The number of fused-ring (bicyclic) bond motifs is 1. The van der Waals surface area contributed by atoms with E-state index in [-0.39, 0.29) is 17.9 Å². The molecule has 0 saturated carbocycles. The van der Waals surface area contributed by atoms with Gasteiger partial charge in [0.2, 0.25) is 5.60 Å². The summed E-state index contributed by atoms with van der Waals surface area (Å²) in [6.07, 6.45) is -4.91. The van der Waals surface area contributed by atoms with Crippen LogP contribution in [0.5, 0.6) is 0 Å². The Kier molecular flexibility index (Phi) is 9.53. The number of hydrogen-bond donors (Lipinski definition) is 4. The van der Waals surface area contributed by atoms with Gasteiger partial charge in [0.15, 0.2) is 11.9 Å². The highest BCUT2D eigenvalue weighted by Gasteiger charge is 2.57. The maximum Gasteiger partial charge on any atom is 0.472 e. The summed E-state index contributed by atoms with van der Waals surface area (Å²) in [7, 11) is -4.96. The quantitative estimate of drug-likeness (QED) is 0.206. The van der Waals surface area contributed by atoms with Crippen LogP contribution in [0.3, 0.4) is 0 Å². The van der Waals surface area contributed by atoms with Gasteiger partial charge in [-0.2, -0.15) is 10.4 Å². The lowest BCUT2D eigenvalue weighted by Crippen LogP contribution is -2.45. The van der Waals surface area contributed by atoms with Crippen molar-refractivity contribution in [3.05, 3.63) is 24.2 Å². The fourth-order valence-electron chi connectivity index (χ4n) is 3.85. The van der Waals surface area contributed by atoms with Gasteiger partial charge in [0.25, 0.3) is 0 Å². The topological polar surface area (TPSA) is 238 Å². The van der Waals surface area contributed by atoms with E-state index < -0.39 is 75.0 Å². The van der Waals surface area contributed by atoms with Crippen LogP contribution in [0.1, 0.15) is 45.9 Å². The molecule has 0 amide bonds. The smallest absolute Gasteiger partial charge is 0.462 e. The number of phosphoric acid groups is 1. The Morgan fingerprint density at radius 3 is 2.62 bits per heavy atom. The Bertz CT molecular complexity index is 1320. The summed E-state index contributed by atoms with van der Waals surface area (Å²) in [5.74, 6) is -1.20. The molecule has 1 saturated heterocycles. The van der Waals surface area contributed by atoms with Crippen LogP contribution in [0.15, 0.2) is 18.5 Å². The van der Waals surface area contributed by atoms with Gasteiger partial charge in [-0.25, -0.2) is 14.1 Å². The van der Waals surface area contributed by atoms with Gasteiger partial charge in [0, 0.05) is 6.92 Å². The van der Waals surface area contributed by atoms with Crippen molar-refractivity contribution in [2.24, 2.45) is 5.41 Å². The molecular formula is C23H32N5O11P. The molecule has 220 valence electrons. The Labute approximate surface area is 229 Å². The molecule has 16 nitrogen and oxygen atoms in total. The molecule has 2 aromatic rings. The molecule has 0 spiro atoms. The molecular weight excluding hydrogens is 553 g/mol. The third-order valence-corrected chi connectivity index (χ3v) is 6.68. The van der Waals surface area contributed by atoms with Gasteiger partial charge in [-0.3, -0.25) is 18.6 Å². The lowest BCUT2D eigenvalue weighted by atomic mass is 9.92. The third kappa shape index (κ3) is 7.52. The van der Waals surface area contributed by atoms with Crippen molar-refractivity contribution in [2.45, 2.75) is 64.1 Å². The molecule has 0 bridgehead atoms. The molecule has 1 aliphatic rings. The van der Waals surface area contributed by atoms with E-state index in [0.717, 1.165) is 6.92 Å². The van der Waals surface area contributed by atoms with Crippen molar-refractivity contribution in [1.82, 2.24) is 14.6 Å². The number of carbonyl (C=O) groups excluding carboxylic acids is 2. The Hall–Kier alpha value is -3.16. The number of nitrogen functional groups attached to an aromatic ring is 1. The van der Waals surface area contributed by atoms with Crippen molar-refractivity contribution < 1.29 is 52.5 Å². The van der Waals surface area contributed by atoms with Crippen LogP contribution in [0.25, 0.3) is 5.52 Å². The SMILES string of the molecule is CC(=O)OCC(COP(=O)(O)OC[C@@]1(C#N)O[C@@H](c2ccc3c(N)ncnn23)[C@H](O)[C@@H]1O)OC(=O)CC(C)(C)C. The molecule has 3 heterocycles. The number of phosphoric ester groups is 1. The van der Waals surface area contributed by atoms with Gasteiger partial charge >= 0.3 is 19.8 Å².